The summed E-state index contributed by atoms with van der Waals surface area (Å²) in [7, 11) is 0. The number of nitrogens with one attached hydrogen (secondary N) is 1. The third-order valence-electron chi connectivity index (χ3n) is 3.08. The van der Waals surface area contributed by atoms with Crippen molar-refractivity contribution in [1.82, 2.24) is 5.43 Å². The third-order valence-corrected chi connectivity index (χ3v) is 3.08. The van der Waals surface area contributed by atoms with Crippen LogP contribution in [-0.4, -0.2) is 24.8 Å². The van der Waals surface area contributed by atoms with E-state index in [1.54, 1.807) is 36.4 Å². The highest BCUT2D eigenvalue weighted by atomic mass is 19.1. The van der Waals surface area contributed by atoms with Crippen molar-refractivity contribution in [2.24, 2.45) is 5.10 Å². The molecule has 1 aliphatic heterocycles. The van der Waals surface area contributed by atoms with Gasteiger partial charge in [-0.3, -0.25) is 4.79 Å². The van der Waals surface area contributed by atoms with Crippen LogP contribution < -0.4 is 14.9 Å². The van der Waals surface area contributed by atoms with E-state index in [1.807, 2.05) is 6.07 Å². The Morgan fingerprint density at radius 1 is 1.18 bits per heavy atom. The number of hydrogen-bond donors (Lipinski definition) is 1. The van der Waals surface area contributed by atoms with Crippen LogP contribution in [0.5, 0.6) is 11.5 Å². The molecule has 0 aromatic heterocycles. The number of para-hydroxylation sites is 2. The summed E-state index contributed by atoms with van der Waals surface area (Å²) in [6.07, 6.45) is 0.442. The molecule has 0 aliphatic carbocycles. The van der Waals surface area contributed by atoms with E-state index in [0.29, 0.717) is 11.5 Å². The van der Waals surface area contributed by atoms with Crippen LogP contribution in [0.4, 0.5) is 4.39 Å². The lowest BCUT2D eigenvalue weighted by Gasteiger charge is -2.24. The fourth-order valence-electron chi connectivity index (χ4n) is 1.97. The molecule has 1 atom stereocenters. The lowest BCUT2D eigenvalue weighted by Crippen LogP contribution is -2.42. The zero-order valence-electron chi connectivity index (χ0n) is 11.5. The molecule has 0 fully saturated rings. The molecule has 1 amide bonds. The Hall–Kier alpha value is -2.89. The highest BCUT2D eigenvalue weighted by molar-refractivity contribution is 5.85. The molecule has 112 valence electrons. The normalized spacial score (nSPS) is 16.5. The van der Waals surface area contributed by atoms with Crippen molar-refractivity contribution < 1.29 is 18.7 Å². The molecule has 2 aromatic rings. The number of nitrogens with zero attached hydrogens (tertiary/aromatic N) is 1. The smallest absolute Gasteiger partial charge is 0.284 e. The summed E-state index contributed by atoms with van der Waals surface area (Å²) in [4.78, 5) is 12.0. The first-order valence-corrected chi connectivity index (χ1v) is 6.70. The van der Waals surface area contributed by atoms with Gasteiger partial charge < -0.3 is 9.47 Å². The van der Waals surface area contributed by atoms with E-state index in [0.717, 1.165) is 0 Å². The second-order valence-electron chi connectivity index (χ2n) is 4.62. The maximum Gasteiger partial charge on any atom is 0.284 e. The predicted octanol–water partition coefficient (Wildman–Crippen LogP) is 2.12. The van der Waals surface area contributed by atoms with Gasteiger partial charge in [0.05, 0.1) is 6.21 Å². The molecule has 3 rings (SSSR count). The standard InChI is InChI=1S/C16H13FN2O3/c17-12-6-2-1-5-11(12)9-18-19-16(20)15-10-21-13-7-3-4-8-14(13)22-15/h1-9,15H,10H2,(H,19,20). The number of hydrazone groups is 1. The molecule has 0 spiro atoms. The highest BCUT2D eigenvalue weighted by Gasteiger charge is 2.26. The Bertz CT molecular complexity index is 718. The minimum absolute atomic E-state index is 0.0953. The molecule has 2 aromatic carbocycles. The van der Waals surface area contributed by atoms with Gasteiger partial charge >= 0.3 is 0 Å². The summed E-state index contributed by atoms with van der Waals surface area (Å²) >= 11 is 0. The minimum atomic E-state index is -0.798. The summed E-state index contributed by atoms with van der Waals surface area (Å²) in [5.74, 6) is 0.238. The molecule has 6 heteroatoms. The van der Waals surface area contributed by atoms with Crippen molar-refractivity contribution in [2.45, 2.75) is 6.10 Å². The molecule has 0 radical (unpaired) electrons. The molecule has 1 N–H and O–H groups in total. The summed E-state index contributed by atoms with van der Waals surface area (Å²) in [6.45, 7) is 0.0953. The molecule has 5 nitrogen and oxygen atoms in total. The van der Waals surface area contributed by atoms with Crippen LogP contribution in [0, 0.1) is 5.82 Å². The number of ether oxygens (including phenoxy) is 2. The van der Waals surface area contributed by atoms with Gasteiger partial charge in [-0.2, -0.15) is 5.10 Å². The molecule has 0 bridgehead atoms. The van der Waals surface area contributed by atoms with Gasteiger partial charge in [-0.1, -0.05) is 30.3 Å². The molecule has 1 aliphatic rings. The zero-order chi connectivity index (χ0) is 15.4. The molecular formula is C16H13FN2O3. The van der Waals surface area contributed by atoms with Crippen LogP contribution in [0.3, 0.4) is 0 Å². The molecule has 0 saturated carbocycles. The van der Waals surface area contributed by atoms with Gasteiger partial charge in [0.15, 0.2) is 11.5 Å². The second-order valence-corrected chi connectivity index (χ2v) is 4.62. The van der Waals surface area contributed by atoms with Gasteiger partial charge in [-0.25, -0.2) is 9.82 Å². The van der Waals surface area contributed by atoms with E-state index in [4.69, 9.17) is 9.47 Å². The van der Waals surface area contributed by atoms with Crippen molar-refractivity contribution >= 4 is 12.1 Å². The molecule has 22 heavy (non-hydrogen) atoms. The van der Waals surface area contributed by atoms with Crippen molar-refractivity contribution in [3.8, 4) is 11.5 Å². The van der Waals surface area contributed by atoms with Crippen molar-refractivity contribution in [3.63, 3.8) is 0 Å². The van der Waals surface area contributed by atoms with Gasteiger partial charge in [-0.15, -0.1) is 0 Å². The van der Waals surface area contributed by atoms with Crippen LogP contribution in [0.25, 0.3) is 0 Å². The quantitative estimate of drug-likeness (QED) is 0.697. The number of carbonyl (C=O) groups is 1. The summed E-state index contributed by atoms with van der Waals surface area (Å²) < 4.78 is 24.4. The lowest BCUT2D eigenvalue weighted by molar-refractivity contribution is -0.130. The Balaban J connectivity index is 1.60. The topological polar surface area (TPSA) is 59.9 Å². The van der Waals surface area contributed by atoms with E-state index in [-0.39, 0.29) is 12.2 Å². The molecule has 1 unspecified atom stereocenters. The van der Waals surface area contributed by atoms with Crippen molar-refractivity contribution in [1.29, 1.82) is 0 Å². The molecule has 1 heterocycles. The average Bonchev–Trinajstić information content (AvgIpc) is 2.56. The van der Waals surface area contributed by atoms with Gasteiger partial charge in [0, 0.05) is 5.56 Å². The van der Waals surface area contributed by atoms with Gasteiger partial charge in [0.2, 0.25) is 6.10 Å². The van der Waals surface area contributed by atoms with Crippen LogP contribution >= 0.6 is 0 Å². The Labute approximate surface area is 126 Å². The SMILES string of the molecule is O=C(NN=Cc1ccccc1F)C1COc2ccccc2O1. The van der Waals surface area contributed by atoms with Crippen molar-refractivity contribution in [2.75, 3.05) is 6.61 Å². The first kappa shape index (κ1) is 14.1. The third kappa shape index (κ3) is 3.06. The first-order valence-electron chi connectivity index (χ1n) is 6.70. The summed E-state index contributed by atoms with van der Waals surface area (Å²) in [5, 5.41) is 3.73. The van der Waals surface area contributed by atoms with Gasteiger partial charge in [0.1, 0.15) is 12.4 Å². The van der Waals surface area contributed by atoms with E-state index in [9.17, 15) is 9.18 Å². The first-order chi connectivity index (χ1) is 10.7. The molecule has 0 saturated heterocycles. The number of amides is 1. The predicted molar refractivity (Wildman–Crippen MR) is 78.5 cm³/mol. The fourth-order valence-corrected chi connectivity index (χ4v) is 1.97. The highest BCUT2D eigenvalue weighted by Crippen LogP contribution is 2.30. The van der Waals surface area contributed by atoms with Crippen LogP contribution in [0.2, 0.25) is 0 Å². The monoisotopic (exact) mass is 300 g/mol. The largest absolute Gasteiger partial charge is 0.485 e. The van der Waals surface area contributed by atoms with E-state index >= 15 is 0 Å². The van der Waals surface area contributed by atoms with Crippen LogP contribution in [0.1, 0.15) is 5.56 Å². The Morgan fingerprint density at radius 2 is 1.91 bits per heavy atom. The second kappa shape index (κ2) is 6.26. The Kier molecular flexibility index (Phi) is 4.00. The van der Waals surface area contributed by atoms with Crippen LogP contribution in [-0.2, 0) is 4.79 Å². The number of fused-ring (bicyclic) bond motifs is 1. The number of carbonyl (C=O) groups excluding carboxylic acids is 1. The zero-order valence-corrected chi connectivity index (χ0v) is 11.5. The number of benzene rings is 2. The number of rotatable bonds is 3. The van der Waals surface area contributed by atoms with E-state index in [1.165, 1.54) is 12.3 Å². The summed E-state index contributed by atoms with van der Waals surface area (Å²) in [5.41, 5.74) is 2.60. The maximum absolute atomic E-state index is 13.4. The van der Waals surface area contributed by atoms with Crippen molar-refractivity contribution in [3.05, 3.63) is 59.9 Å². The van der Waals surface area contributed by atoms with Crippen LogP contribution in [0.15, 0.2) is 53.6 Å². The van der Waals surface area contributed by atoms with Gasteiger partial charge in [0.25, 0.3) is 5.91 Å². The van der Waals surface area contributed by atoms with E-state index < -0.39 is 17.8 Å². The lowest BCUT2D eigenvalue weighted by atomic mass is 10.2. The minimum Gasteiger partial charge on any atom is -0.485 e. The van der Waals surface area contributed by atoms with Gasteiger partial charge in [-0.05, 0) is 18.2 Å². The number of hydrogen-bond acceptors (Lipinski definition) is 4. The average molecular weight is 300 g/mol. The Morgan fingerprint density at radius 3 is 2.73 bits per heavy atom. The molecular weight excluding hydrogens is 287 g/mol. The summed E-state index contributed by atoms with van der Waals surface area (Å²) in [6, 6.07) is 13.2. The van der Waals surface area contributed by atoms with E-state index in [2.05, 4.69) is 10.5 Å². The number of halogens is 1. The fraction of sp³-hybridized carbons (Fsp3) is 0.125. The maximum atomic E-state index is 13.4.